The molecule has 0 amide bonds. The second-order valence-corrected chi connectivity index (χ2v) is 3.17. The zero-order valence-corrected chi connectivity index (χ0v) is 9.29. The van der Waals surface area contributed by atoms with Crippen molar-refractivity contribution in [2.45, 2.75) is 20.3 Å². The SMILES string of the molecule is CCC(=NC)N=C(C)c1ccccc1F. The summed E-state index contributed by atoms with van der Waals surface area (Å²) in [6.45, 7) is 3.76. The lowest BCUT2D eigenvalue weighted by molar-refractivity contribution is 0.625. The maximum Gasteiger partial charge on any atom is 0.132 e. The first-order valence-corrected chi connectivity index (χ1v) is 4.95. The Kier molecular flexibility index (Phi) is 4.16. The lowest BCUT2D eigenvalue weighted by Gasteiger charge is -2.02. The van der Waals surface area contributed by atoms with Crippen LogP contribution in [0.3, 0.4) is 0 Å². The first-order valence-electron chi connectivity index (χ1n) is 4.95. The van der Waals surface area contributed by atoms with Crippen molar-refractivity contribution < 1.29 is 4.39 Å². The predicted octanol–water partition coefficient (Wildman–Crippen LogP) is 3.07. The second kappa shape index (κ2) is 5.39. The van der Waals surface area contributed by atoms with Crippen LogP contribution < -0.4 is 0 Å². The molecule has 0 atom stereocenters. The normalized spacial score (nSPS) is 13.1. The molecule has 0 aliphatic carbocycles. The van der Waals surface area contributed by atoms with Gasteiger partial charge in [-0.1, -0.05) is 25.1 Å². The van der Waals surface area contributed by atoms with Crippen LogP contribution in [0.25, 0.3) is 0 Å². The summed E-state index contributed by atoms with van der Waals surface area (Å²) in [5.74, 6) is 0.487. The Morgan fingerprint density at radius 3 is 2.53 bits per heavy atom. The van der Waals surface area contributed by atoms with E-state index in [4.69, 9.17) is 0 Å². The van der Waals surface area contributed by atoms with Gasteiger partial charge < -0.3 is 0 Å². The average molecular weight is 206 g/mol. The highest BCUT2D eigenvalue weighted by atomic mass is 19.1. The molecule has 0 bridgehead atoms. The molecule has 1 aromatic rings. The van der Waals surface area contributed by atoms with Crippen LogP contribution in [0.15, 0.2) is 34.3 Å². The van der Waals surface area contributed by atoms with E-state index in [1.807, 2.05) is 6.92 Å². The summed E-state index contributed by atoms with van der Waals surface area (Å²) in [5.41, 5.74) is 1.20. The lowest BCUT2D eigenvalue weighted by atomic mass is 10.1. The second-order valence-electron chi connectivity index (χ2n) is 3.17. The first-order chi connectivity index (χ1) is 7.19. The van der Waals surface area contributed by atoms with Crippen molar-refractivity contribution in [3.8, 4) is 0 Å². The van der Waals surface area contributed by atoms with E-state index in [0.29, 0.717) is 11.3 Å². The fraction of sp³-hybridized carbons (Fsp3) is 0.333. The van der Waals surface area contributed by atoms with Gasteiger partial charge in [0.25, 0.3) is 0 Å². The van der Waals surface area contributed by atoms with Crippen molar-refractivity contribution in [1.82, 2.24) is 0 Å². The van der Waals surface area contributed by atoms with Crippen molar-refractivity contribution in [2.75, 3.05) is 7.05 Å². The molecule has 3 heteroatoms. The minimum absolute atomic E-state index is 0.245. The van der Waals surface area contributed by atoms with Gasteiger partial charge in [0, 0.05) is 24.7 Å². The highest BCUT2D eigenvalue weighted by Gasteiger charge is 2.04. The van der Waals surface area contributed by atoms with Crippen LogP contribution in [0, 0.1) is 5.82 Å². The van der Waals surface area contributed by atoms with E-state index in [1.54, 1.807) is 32.2 Å². The number of halogens is 1. The van der Waals surface area contributed by atoms with Crippen LogP contribution in [-0.4, -0.2) is 18.6 Å². The van der Waals surface area contributed by atoms with Crippen molar-refractivity contribution in [2.24, 2.45) is 9.98 Å². The third kappa shape index (κ3) is 2.98. The van der Waals surface area contributed by atoms with E-state index in [0.717, 1.165) is 12.3 Å². The van der Waals surface area contributed by atoms with Gasteiger partial charge in [-0.25, -0.2) is 9.38 Å². The third-order valence-corrected chi connectivity index (χ3v) is 2.13. The topological polar surface area (TPSA) is 24.7 Å². The minimum Gasteiger partial charge on any atom is -0.274 e. The Morgan fingerprint density at radius 2 is 2.00 bits per heavy atom. The van der Waals surface area contributed by atoms with Crippen LogP contribution in [0.5, 0.6) is 0 Å². The summed E-state index contributed by atoms with van der Waals surface area (Å²) in [6, 6.07) is 6.62. The molecule has 1 aromatic carbocycles. The minimum atomic E-state index is -0.245. The van der Waals surface area contributed by atoms with Gasteiger partial charge in [-0.3, -0.25) is 4.99 Å². The summed E-state index contributed by atoms with van der Waals surface area (Å²) in [6.07, 6.45) is 0.752. The number of nitrogens with zero attached hydrogens (tertiary/aromatic N) is 2. The number of hydrogen-bond donors (Lipinski definition) is 0. The summed E-state index contributed by atoms with van der Waals surface area (Å²) < 4.78 is 13.4. The highest BCUT2D eigenvalue weighted by molar-refractivity contribution is 6.06. The number of amidine groups is 1. The maximum absolute atomic E-state index is 13.4. The fourth-order valence-electron chi connectivity index (χ4n) is 1.30. The number of aliphatic imine (C=N–C) groups is 2. The first kappa shape index (κ1) is 11.6. The molecule has 1 rings (SSSR count). The zero-order valence-electron chi connectivity index (χ0n) is 9.29. The summed E-state index contributed by atoms with van der Waals surface area (Å²) in [5, 5.41) is 0. The van der Waals surface area contributed by atoms with E-state index in [-0.39, 0.29) is 5.82 Å². The lowest BCUT2D eigenvalue weighted by Crippen LogP contribution is -2.03. The van der Waals surface area contributed by atoms with E-state index in [9.17, 15) is 4.39 Å². The highest BCUT2D eigenvalue weighted by Crippen LogP contribution is 2.08. The number of benzene rings is 1. The predicted molar refractivity (Wildman–Crippen MR) is 62.3 cm³/mol. The quantitative estimate of drug-likeness (QED) is 0.525. The van der Waals surface area contributed by atoms with Gasteiger partial charge in [-0.15, -0.1) is 0 Å². The summed E-state index contributed by atoms with van der Waals surface area (Å²) >= 11 is 0. The molecule has 80 valence electrons. The van der Waals surface area contributed by atoms with Crippen molar-refractivity contribution >= 4 is 11.5 Å². The van der Waals surface area contributed by atoms with E-state index >= 15 is 0 Å². The third-order valence-electron chi connectivity index (χ3n) is 2.13. The van der Waals surface area contributed by atoms with Gasteiger partial charge in [0.2, 0.25) is 0 Å². The molecule has 0 fully saturated rings. The van der Waals surface area contributed by atoms with Crippen LogP contribution in [-0.2, 0) is 0 Å². The largest absolute Gasteiger partial charge is 0.274 e. The van der Waals surface area contributed by atoms with E-state index < -0.39 is 0 Å². The van der Waals surface area contributed by atoms with Crippen LogP contribution in [0.2, 0.25) is 0 Å². The maximum atomic E-state index is 13.4. The Balaban J connectivity index is 3.04. The van der Waals surface area contributed by atoms with Crippen molar-refractivity contribution in [3.63, 3.8) is 0 Å². The van der Waals surface area contributed by atoms with Crippen molar-refractivity contribution in [1.29, 1.82) is 0 Å². The molecule has 2 nitrogen and oxygen atoms in total. The Bertz CT molecular complexity index is 394. The van der Waals surface area contributed by atoms with Gasteiger partial charge in [-0.2, -0.15) is 0 Å². The van der Waals surface area contributed by atoms with Gasteiger partial charge in [-0.05, 0) is 13.0 Å². The molecule has 0 N–H and O–H groups in total. The fourth-order valence-corrected chi connectivity index (χ4v) is 1.30. The Labute approximate surface area is 89.6 Å². The molecule has 0 heterocycles. The molecule has 0 aliphatic rings. The molecule has 15 heavy (non-hydrogen) atoms. The molecule has 0 saturated heterocycles. The smallest absolute Gasteiger partial charge is 0.132 e. The molecule has 0 aromatic heterocycles. The summed E-state index contributed by atoms with van der Waals surface area (Å²) in [7, 11) is 1.69. The van der Waals surface area contributed by atoms with Gasteiger partial charge in [0.15, 0.2) is 0 Å². The van der Waals surface area contributed by atoms with Crippen LogP contribution in [0.1, 0.15) is 25.8 Å². The van der Waals surface area contributed by atoms with Gasteiger partial charge in [0.1, 0.15) is 11.7 Å². The monoisotopic (exact) mass is 206 g/mol. The van der Waals surface area contributed by atoms with Crippen LogP contribution >= 0.6 is 0 Å². The summed E-state index contributed by atoms with van der Waals surface area (Å²) in [4.78, 5) is 8.28. The zero-order chi connectivity index (χ0) is 11.3. The molecular formula is C12H15FN2. The number of rotatable bonds is 2. The van der Waals surface area contributed by atoms with Crippen LogP contribution in [0.4, 0.5) is 4.39 Å². The van der Waals surface area contributed by atoms with E-state index in [2.05, 4.69) is 9.98 Å². The molecule has 0 unspecified atom stereocenters. The molecular weight excluding hydrogens is 191 g/mol. The average Bonchev–Trinajstić information content (AvgIpc) is 2.26. The molecule has 0 aliphatic heterocycles. The molecule has 0 spiro atoms. The van der Waals surface area contributed by atoms with E-state index in [1.165, 1.54) is 6.07 Å². The molecule has 0 radical (unpaired) electrons. The molecule has 0 saturated carbocycles. The Morgan fingerprint density at radius 1 is 1.33 bits per heavy atom. The van der Waals surface area contributed by atoms with Gasteiger partial charge >= 0.3 is 0 Å². The Hall–Kier alpha value is -1.51. The number of hydrogen-bond acceptors (Lipinski definition) is 1. The van der Waals surface area contributed by atoms with Gasteiger partial charge in [0.05, 0.1) is 0 Å². The van der Waals surface area contributed by atoms with Crippen molar-refractivity contribution in [3.05, 3.63) is 35.6 Å². The standard InChI is InChI=1S/C12H15FN2/c1-4-12(14-3)15-9(2)10-7-5-6-8-11(10)13/h5-8H,4H2,1-3H3.